The molecule has 0 bridgehead atoms. The monoisotopic (exact) mass is 390 g/mol. The molecular formula is C22H18N2O5. The summed E-state index contributed by atoms with van der Waals surface area (Å²) in [7, 11) is 1.60. The Labute approximate surface area is 167 Å². The molecule has 0 aromatic heterocycles. The summed E-state index contributed by atoms with van der Waals surface area (Å²) in [4.78, 5) is 27.6. The quantitative estimate of drug-likeness (QED) is 0.639. The van der Waals surface area contributed by atoms with Gasteiger partial charge in [0, 0.05) is 29.8 Å². The number of rotatable bonds is 4. The number of carbonyl (C=O) groups is 2. The van der Waals surface area contributed by atoms with E-state index in [-0.39, 0.29) is 17.5 Å². The van der Waals surface area contributed by atoms with Gasteiger partial charge in [0.25, 0.3) is 0 Å². The van der Waals surface area contributed by atoms with E-state index < -0.39 is 5.97 Å². The first-order valence-electron chi connectivity index (χ1n) is 8.94. The fourth-order valence-corrected chi connectivity index (χ4v) is 2.98. The third kappa shape index (κ3) is 4.03. The van der Waals surface area contributed by atoms with Crippen LogP contribution < -0.4 is 14.8 Å². The fourth-order valence-electron chi connectivity index (χ4n) is 2.98. The number of cyclic esters (lactones) is 1. The smallest absolute Gasteiger partial charge is 0.363 e. The lowest BCUT2D eigenvalue weighted by molar-refractivity contribution is -0.130. The van der Waals surface area contributed by atoms with Crippen LogP contribution >= 0.6 is 0 Å². The molecule has 2 aliphatic heterocycles. The standard InChI is InChI=1S/C22H18N2O5/c1-13(25)23-17-6-3-15(4-7-17)21-24-19(22(26)29-21)10-14-9-16-5-8-18(27-2)11-20(16)28-12-14/h3-11H,12H2,1-2H3,(H,23,25)/b19-10+. The number of benzene rings is 2. The van der Waals surface area contributed by atoms with Gasteiger partial charge in [-0.25, -0.2) is 9.79 Å². The minimum absolute atomic E-state index is 0.157. The summed E-state index contributed by atoms with van der Waals surface area (Å²) in [6.07, 6.45) is 3.60. The van der Waals surface area contributed by atoms with Crippen molar-refractivity contribution in [3.05, 3.63) is 70.9 Å². The molecule has 0 saturated carbocycles. The molecule has 29 heavy (non-hydrogen) atoms. The van der Waals surface area contributed by atoms with Crippen LogP contribution in [0, 0.1) is 0 Å². The summed E-state index contributed by atoms with van der Waals surface area (Å²) in [6.45, 7) is 1.75. The number of hydrogen-bond donors (Lipinski definition) is 1. The Morgan fingerprint density at radius 2 is 2.00 bits per heavy atom. The highest BCUT2D eigenvalue weighted by molar-refractivity contribution is 6.11. The summed E-state index contributed by atoms with van der Waals surface area (Å²) >= 11 is 0. The minimum atomic E-state index is -0.521. The molecule has 2 aromatic carbocycles. The first kappa shape index (κ1) is 18.5. The van der Waals surface area contributed by atoms with Gasteiger partial charge in [0.05, 0.1) is 7.11 Å². The van der Waals surface area contributed by atoms with E-state index in [4.69, 9.17) is 14.2 Å². The molecule has 0 aliphatic carbocycles. The van der Waals surface area contributed by atoms with Crippen molar-refractivity contribution in [3.8, 4) is 11.5 Å². The van der Waals surface area contributed by atoms with Crippen molar-refractivity contribution in [2.24, 2.45) is 4.99 Å². The van der Waals surface area contributed by atoms with Crippen molar-refractivity contribution in [2.45, 2.75) is 6.92 Å². The van der Waals surface area contributed by atoms with Crippen LogP contribution in [0.4, 0.5) is 5.69 Å². The van der Waals surface area contributed by atoms with Crippen LogP contribution in [0.3, 0.4) is 0 Å². The Hall–Kier alpha value is -3.87. The number of ether oxygens (including phenoxy) is 3. The summed E-state index contributed by atoms with van der Waals surface area (Å²) < 4.78 is 16.2. The Morgan fingerprint density at radius 3 is 2.72 bits per heavy atom. The predicted octanol–water partition coefficient (Wildman–Crippen LogP) is 3.32. The molecule has 2 heterocycles. The molecule has 4 rings (SSSR count). The second-order valence-corrected chi connectivity index (χ2v) is 6.51. The summed E-state index contributed by atoms with van der Waals surface area (Å²) in [5.41, 5.74) is 3.20. The summed E-state index contributed by atoms with van der Waals surface area (Å²) in [5.74, 6) is 0.988. The number of carbonyl (C=O) groups excluding carboxylic acids is 2. The number of esters is 1. The molecule has 0 fully saturated rings. The molecule has 7 nitrogen and oxygen atoms in total. The van der Waals surface area contributed by atoms with Crippen molar-refractivity contribution in [1.29, 1.82) is 0 Å². The number of aliphatic imine (C=N–C) groups is 1. The molecule has 1 N–H and O–H groups in total. The van der Waals surface area contributed by atoms with Gasteiger partial charge in [-0.15, -0.1) is 0 Å². The van der Waals surface area contributed by atoms with E-state index >= 15 is 0 Å². The molecule has 0 saturated heterocycles. The van der Waals surface area contributed by atoms with Gasteiger partial charge in [0.15, 0.2) is 5.70 Å². The molecule has 7 heteroatoms. The molecule has 0 atom stereocenters. The van der Waals surface area contributed by atoms with Crippen LogP contribution in [-0.2, 0) is 14.3 Å². The third-order valence-electron chi connectivity index (χ3n) is 4.35. The van der Waals surface area contributed by atoms with Crippen molar-refractivity contribution in [1.82, 2.24) is 0 Å². The van der Waals surface area contributed by atoms with Crippen LogP contribution in [0.1, 0.15) is 18.1 Å². The van der Waals surface area contributed by atoms with E-state index in [1.54, 1.807) is 37.5 Å². The van der Waals surface area contributed by atoms with Crippen LogP contribution in [0.2, 0.25) is 0 Å². The predicted molar refractivity (Wildman–Crippen MR) is 108 cm³/mol. The molecule has 0 spiro atoms. The molecule has 1 amide bonds. The highest BCUT2D eigenvalue weighted by Gasteiger charge is 2.25. The largest absolute Gasteiger partial charge is 0.497 e. The average Bonchev–Trinajstić information content (AvgIpc) is 3.08. The summed E-state index contributed by atoms with van der Waals surface area (Å²) in [6, 6.07) is 12.5. The number of nitrogens with one attached hydrogen (secondary N) is 1. The topological polar surface area (TPSA) is 86.2 Å². The Balaban J connectivity index is 1.56. The highest BCUT2D eigenvalue weighted by atomic mass is 16.6. The van der Waals surface area contributed by atoms with E-state index in [2.05, 4.69) is 10.3 Å². The minimum Gasteiger partial charge on any atom is -0.497 e. The lowest BCUT2D eigenvalue weighted by atomic mass is 10.1. The van der Waals surface area contributed by atoms with Crippen LogP contribution in [0.5, 0.6) is 11.5 Å². The van der Waals surface area contributed by atoms with E-state index in [0.717, 1.165) is 22.6 Å². The average molecular weight is 390 g/mol. The Morgan fingerprint density at radius 1 is 1.21 bits per heavy atom. The number of amides is 1. The molecule has 2 aromatic rings. The molecule has 0 radical (unpaired) electrons. The number of nitrogens with zero attached hydrogens (tertiary/aromatic N) is 1. The van der Waals surface area contributed by atoms with E-state index in [1.807, 2.05) is 24.3 Å². The van der Waals surface area contributed by atoms with E-state index in [9.17, 15) is 9.59 Å². The number of hydrogen-bond acceptors (Lipinski definition) is 6. The van der Waals surface area contributed by atoms with Gasteiger partial charge >= 0.3 is 5.97 Å². The third-order valence-corrected chi connectivity index (χ3v) is 4.35. The van der Waals surface area contributed by atoms with Crippen LogP contribution in [0.15, 0.2) is 64.8 Å². The zero-order valence-corrected chi connectivity index (χ0v) is 15.9. The van der Waals surface area contributed by atoms with E-state index in [1.165, 1.54) is 6.92 Å². The fraction of sp³-hybridized carbons (Fsp3) is 0.136. The van der Waals surface area contributed by atoms with Gasteiger partial charge in [-0.3, -0.25) is 4.79 Å². The maximum Gasteiger partial charge on any atom is 0.363 e. The maximum absolute atomic E-state index is 12.2. The second kappa shape index (κ2) is 7.63. The van der Waals surface area contributed by atoms with Gasteiger partial charge < -0.3 is 19.5 Å². The zero-order valence-electron chi connectivity index (χ0n) is 15.9. The van der Waals surface area contributed by atoms with Gasteiger partial charge in [-0.05, 0) is 54.1 Å². The van der Waals surface area contributed by atoms with Crippen molar-refractivity contribution < 1.29 is 23.8 Å². The first-order valence-corrected chi connectivity index (χ1v) is 8.94. The number of fused-ring (bicyclic) bond motifs is 1. The van der Waals surface area contributed by atoms with Gasteiger partial charge in [-0.1, -0.05) is 0 Å². The van der Waals surface area contributed by atoms with Crippen LogP contribution in [-0.4, -0.2) is 31.5 Å². The van der Waals surface area contributed by atoms with Crippen molar-refractivity contribution in [3.63, 3.8) is 0 Å². The van der Waals surface area contributed by atoms with Gasteiger partial charge in [0.2, 0.25) is 11.8 Å². The first-order chi connectivity index (χ1) is 14.0. The lowest BCUT2D eigenvalue weighted by Crippen LogP contribution is -2.08. The molecule has 2 aliphatic rings. The molecule has 0 unspecified atom stereocenters. The molecular weight excluding hydrogens is 372 g/mol. The normalized spacial score (nSPS) is 16.3. The number of methoxy groups -OCH3 is 1. The maximum atomic E-state index is 12.2. The summed E-state index contributed by atoms with van der Waals surface area (Å²) in [5, 5.41) is 2.68. The Bertz CT molecular complexity index is 1080. The second-order valence-electron chi connectivity index (χ2n) is 6.51. The molecule has 146 valence electrons. The van der Waals surface area contributed by atoms with Crippen molar-refractivity contribution >= 4 is 29.5 Å². The number of anilines is 1. The Kier molecular flexibility index (Phi) is 4.87. The van der Waals surface area contributed by atoms with E-state index in [0.29, 0.717) is 17.9 Å². The highest BCUT2D eigenvalue weighted by Crippen LogP contribution is 2.31. The SMILES string of the molecule is COc1ccc2c(c1)OCC(/C=C1/N=C(c3ccc(NC(C)=O)cc3)OC1=O)=C2. The lowest BCUT2D eigenvalue weighted by Gasteiger charge is -2.16. The zero-order chi connectivity index (χ0) is 20.4. The van der Waals surface area contributed by atoms with Crippen molar-refractivity contribution in [2.75, 3.05) is 19.0 Å². The van der Waals surface area contributed by atoms with Gasteiger partial charge in [-0.2, -0.15) is 0 Å². The van der Waals surface area contributed by atoms with Crippen LogP contribution in [0.25, 0.3) is 6.08 Å². The van der Waals surface area contributed by atoms with Gasteiger partial charge in [0.1, 0.15) is 18.1 Å².